The van der Waals surface area contributed by atoms with E-state index in [1.165, 1.54) is 5.01 Å². The summed E-state index contributed by atoms with van der Waals surface area (Å²) in [6.07, 6.45) is -0.456. The summed E-state index contributed by atoms with van der Waals surface area (Å²) in [7, 11) is 0. The van der Waals surface area contributed by atoms with Crippen molar-refractivity contribution < 1.29 is 9.53 Å². The van der Waals surface area contributed by atoms with Crippen molar-refractivity contribution in [1.29, 1.82) is 0 Å². The summed E-state index contributed by atoms with van der Waals surface area (Å²) in [6, 6.07) is 0. The number of nitroso groups, excluding NO2 is 1. The van der Waals surface area contributed by atoms with Gasteiger partial charge in [-0.3, -0.25) is 5.01 Å². The molecule has 1 aliphatic heterocycles. The van der Waals surface area contributed by atoms with Crippen LogP contribution in [-0.2, 0) is 4.74 Å². The van der Waals surface area contributed by atoms with Crippen LogP contribution in [-0.4, -0.2) is 30.3 Å². The molecule has 11 heavy (non-hydrogen) atoms. The molecule has 0 saturated carbocycles. The van der Waals surface area contributed by atoms with Crippen molar-refractivity contribution in [2.75, 3.05) is 13.1 Å². The Morgan fingerprint density at radius 3 is 2.91 bits per heavy atom. The van der Waals surface area contributed by atoms with Crippen LogP contribution in [0.2, 0.25) is 0 Å². The molecule has 0 unspecified atom stereocenters. The van der Waals surface area contributed by atoms with Gasteiger partial charge in [-0.25, -0.2) is 4.79 Å². The molecule has 6 nitrogen and oxygen atoms in total. The third-order valence-electron chi connectivity index (χ3n) is 1.52. The number of hydrogen-bond donors (Lipinski definition) is 1. The summed E-state index contributed by atoms with van der Waals surface area (Å²) >= 11 is 0. The van der Waals surface area contributed by atoms with E-state index in [1.54, 1.807) is 0 Å². The molecule has 0 aliphatic carbocycles. The van der Waals surface area contributed by atoms with Crippen molar-refractivity contribution in [3.63, 3.8) is 0 Å². The number of ether oxygens (including phenoxy) is 1. The summed E-state index contributed by atoms with van der Waals surface area (Å²) in [4.78, 5) is 20.2. The van der Waals surface area contributed by atoms with Crippen LogP contribution in [0, 0.1) is 4.91 Å². The van der Waals surface area contributed by atoms with Gasteiger partial charge in [-0.2, -0.15) is 0 Å². The molecule has 1 fully saturated rings. The van der Waals surface area contributed by atoms with Crippen molar-refractivity contribution in [3.05, 3.63) is 4.91 Å². The molecular formula is C5H9N3O3. The predicted molar refractivity (Wildman–Crippen MR) is 36.4 cm³/mol. The SMILES string of the molecule is NC(=O)O[C@H]1CCN(N=O)C1. The quantitative estimate of drug-likeness (QED) is 0.567. The van der Waals surface area contributed by atoms with Gasteiger partial charge in [0, 0.05) is 13.0 Å². The molecule has 0 aromatic carbocycles. The van der Waals surface area contributed by atoms with Crippen LogP contribution in [0.1, 0.15) is 6.42 Å². The van der Waals surface area contributed by atoms with E-state index in [2.05, 4.69) is 10.0 Å². The first-order valence-electron chi connectivity index (χ1n) is 3.26. The standard InChI is InChI=1S/C5H9N3O3/c6-5(9)11-4-1-2-8(3-4)7-10/h4H,1-3H2,(H2,6,9)/t4-/m0/s1. The van der Waals surface area contributed by atoms with E-state index in [0.717, 1.165) is 0 Å². The molecule has 1 heterocycles. The third kappa shape index (κ3) is 2.06. The molecule has 1 rings (SSSR count). The molecular weight excluding hydrogens is 150 g/mol. The van der Waals surface area contributed by atoms with Gasteiger partial charge in [0.1, 0.15) is 6.10 Å². The van der Waals surface area contributed by atoms with Gasteiger partial charge >= 0.3 is 6.09 Å². The first kappa shape index (κ1) is 7.77. The fourth-order valence-electron chi connectivity index (χ4n) is 1.05. The number of nitrogens with zero attached hydrogens (tertiary/aromatic N) is 2. The third-order valence-corrected chi connectivity index (χ3v) is 1.52. The molecule has 1 amide bonds. The summed E-state index contributed by atoms with van der Waals surface area (Å²) in [5.41, 5.74) is 4.77. The van der Waals surface area contributed by atoms with Crippen molar-refractivity contribution in [3.8, 4) is 0 Å². The van der Waals surface area contributed by atoms with Crippen molar-refractivity contribution in [2.24, 2.45) is 11.0 Å². The first-order chi connectivity index (χ1) is 5.22. The zero-order valence-electron chi connectivity index (χ0n) is 5.90. The van der Waals surface area contributed by atoms with E-state index < -0.39 is 6.09 Å². The molecule has 0 bridgehead atoms. The highest BCUT2D eigenvalue weighted by atomic mass is 16.6. The Kier molecular flexibility index (Phi) is 2.25. The Bertz CT molecular complexity index is 172. The second-order valence-corrected chi connectivity index (χ2v) is 2.34. The number of amides is 1. The minimum absolute atomic E-state index is 0.273. The van der Waals surface area contributed by atoms with Crippen LogP contribution < -0.4 is 5.73 Å². The normalized spacial score (nSPS) is 23.3. The maximum atomic E-state index is 10.2. The molecule has 62 valence electrons. The first-order valence-corrected chi connectivity index (χ1v) is 3.26. The second kappa shape index (κ2) is 3.18. The summed E-state index contributed by atoms with van der Waals surface area (Å²) < 4.78 is 4.64. The highest BCUT2D eigenvalue weighted by molar-refractivity contribution is 5.64. The fraction of sp³-hybridized carbons (Fsp3) is 0.800. The number of carbonyl (C=O) groups is 1. The predicted octanol–water partition coefficient (Wildman–Crippen LogP) is -0.163. The average molecular weight is 159 g/mol. The van der Waals surface area contributed by atoms with Crippen LogP contribution >= 0.6 is 0 Å². The van der Waals surface area contributed by atoms with E-state index in [9.17, 15) is 9.70 Å². The summed E-state index contributed by atoms with van der Waals surface area (Å²) in [5.74, 6) is 0. The molecule has 1 aliphatic rings. The van der Waals surface area contributed by atoms with Crippen LogP contribution in [0.25, 0.3) is 0 Å². The minimum Gasteiger partial charge on any atom is -0.444 e. The van der Waals surface area contributed by atoms with Gasteiger partial charge in [0.15, 0.2) is 0 Å². The van der Waals surface area contributed by atoms with Crippen LogP contribution in [0.15, 0.2) is 5.29 Å². The zero-order chi connectivity index (χ0) is 8.27. The maximum Gasteiger partial charge on any atom is 0.404 e. The summed E-state index contributed by atoms with van der Waals surface area (Å²) in [5, 5.41) is 4.00. The monoisotopic (exact) mass is 159 g/mol. The topological polar surface area (TPSA) is 85.0 Å². The molecule has 1 atom stereocenters. The second-order valence-electron chi connectivity index (χ2n) is 2.34. The molecule has 1 saturated heterocycles. The Balaban J connectivity index is 2.29. The zero-order valence-corrected chi connectivity index (χ0v) is 5.90. The highest BCUT2D eigenvalue weighted by Gasteiger charge is 2.24. The van der Waals surface area contributed by atoms with Gasteiger partial charge in [0.05, 0.1) is 11.8 Å². The number of rotatable bonds is 2. The van der Waals surface area contributed by atoms with E-state index in [-0.39, 0.29) is 6.10 Å². The van der Waals surface area contributed by atoms with Gasteiger partial charge < -0.3 is 10.5 Å². The van der Waals surface area contributed by atoms with Crippen molar-refractivity contribution in [2.45, 2.75) is 12.5 Å². The average Bonchev–Trinajstić information content (AvgIpc) is 2.34. The lowest BCUT2D eigenvalue weighted by Crippen LogP contribution is -2.24. The van der Waals surface area contributed by atoms with E-state index in [1.807, 2.05) is 0 Å². The number of nitrogens with two attached hydrogens (primary N) is 1. The maximum absolute atomic E-state index is 10.2. The molecule has 0 radical (unpaired) electrons. The summed E-state index contributed by atoms with van der Waals surface area (Å²) in [6.45, 7) is 0.883. The van der Waals surface area contributed by atoms with E-state index in [0.29, 0.717) is 19.5 Å². The Hall–Kier alpha value is -1.33. The highest BCUT2D eigenvalue weighted by Crippen LogP contribution is 2.11. The molecule has 6 heteroatoms. The number of hydrogen-bond acceptors (Lipinski definition) is 4. The van der Waals surface area contributed by atoms with E-state index >= 15 is 0 Å². The van der Waals surface area contributed by atoms with Crippen molar-refractivity contribution >= 4 is 6.09 Å². The lowest BCUT2D eigenvalue weighted by Gasteiger charge is -2.08. The van der Waals surface area contributed by atoms with Gasteiger partial charge in [-0.1, -0.05) is 0 Å². The molecule has 2 N–H and O–H groups in total. The Morgan fingerprint density at radius 2 is 2.45 bits per heavy atom. The lowest BCUT2D eigenvalue weighted by atomic mass is 10.3. The van der Waals surface area contributed by atoms with Crippen LogP contribution in [0.5, 0.6) is 0 Å². The smallest absolute Gasteiger partial charge is 0.404 e. The van der Waals surface area contributed by atoms with Gasteiger partial charge in [-0.05, 0) is 0 Å². The number of primary amides is 1. The molecule has 0 aromatic rings. The molecule has 0 aromatic heterocycles. The Labute approximate surface area is 63.2 Å². The minimum atomic E-state index is -0.803. The largest absolute Gasteiger partial charge is 0.444 e. The van der Waals surface area contributed by atoms with Gasteiger partial charge in [0.25, 0.3) is 0 Å². The fourth-order valence-corrected chi connectivity index (χ4v) is 1.05. The van der Waals surface area contributed by atoms with Gasteiger partial charge in [-0.15, -0.1) is 4.91 Å². The molecule has 0 spiro atoms. The van der Waals surface area contributed by atoms with Crippen LogP contribution in [0.4, 0.5) is 4.79 Å². The van der Waals surface area contributed by atoms with E-state index in [4.69, 9.17) is 5.73 Å². The van der Waals surface area contributed by atoms with Gasteiger partial charge in [0.2, 0.25) is 0 Å². The van der Waals surface area contributed by atoms with Crippen LogP contribution in [0.3, 0.4) is 0 Å². The Morgan fingerprint density at radius 1 is 1.73 bits per heavy atom. The number of carbonyl (C=O) groups excluding carboxylic acids is 1. The lowest BCUT2D eigenvalue weighted by molar-refractivity contribution is 0.109. The van der Waals surface area contributed by atoms with Crippen molar-refractivity contribution in [1.82, 2.24) is 5.01 Å².